The van der Waals surface area contributed by atoms with Gasteiger partial charge >= 0.3 is 5.97 Å². The summed E-state index contributed by atoms with van der Waals surface area (Å²) in [5.41, 5.74) is 9.73. The minimum Gasteiger partial charge on any atom is -0.496 e. The van der Waals surface area contributed by atoms with Crippen molar-refractivity contribution in [2.45, 2.75) is 37.3 Å². The molecule has 1 saturated heterocycles. The fourth-order valence-corrected chi connectivity index (χ4v) is 4.13. The Bertz CT molecular complexity index is 1040. The van der Waals surface area contributed by atoms with Crippen LogP contribution in [0.1, 0.15) is 24.8 Å². The molecule has 2 aromatic carbocycles. The van der Waals surface area contributed by atoms with Crippen molar-refractivity contribution in [3.8, 4) is 22.6 Å². The Morgan fingerprint density at radius 3 is 2.41 bits per heavy atom. The number of nitrogens with one attached hydrogen (secondary N) is 1. The molecule has 34 heavy (non-hydrogen) atoms. The standard InChI is InChI=1S/C24H28N4O6/c1-32-19-5-3-6-20(33-2)21(19)17-9-7-16(8-10-17)15-18(22(29)30)27-23(31)24(11-4-14-34-24)12-13-26-28-25/h3,5-10,18H,4,11-15H2,1-2H3,(H,27,31)(H,29,30)/t18-,24?/m0/s1. The molecule has 1 amide bonds. The Morgan fingerprint density at radius 1 is 1.21 bits per heavy atom. The van der Waals surface area contributed by atoms with Crippen LogP contribution in [0, 0.1) is 0 Å². The van der Waals surface area contributed by atoms with Crippen molar-refractivity contribution in [2.75, 3.05) is 27.4 Å². The van der Waals surface area contributed by atoms with E-state index in [1.165, 1.54) is 0 Å². The fourth-order valence-electron chi connectivity index (χ4n) is 4.13. The molecular weight excluding hydrogens is 440 g/mol. The van der Waals surface area contributed by atoms with Crippen molar-refractivity contribution in [3.05, 3.63) is 58.5 Å². The van der Waals surface area contributed by atoms with E-state index < -0.39 is 23.5 Å². The van der Waals surface area contributed by atoms with Crippen LogP contribution in [-0.4, -0.2) is 56.0 Å². The molecule has 0 radical (unpaired) electrons. The minimum absolute atomic E-state index is 0.0928. The predicted octanol–water partition coefficient (Wildman–Crippen LogP) is 3.73. The first-order valence-electron chi connectivity index (χ1n) is 10.9. The lowest BCUT2D eigenvalue weighted by Crippen LogP contribution is -2.53. The van der Waals surface area contributed by atoms with Gasteiger partial charge in [0, 0.05) is 24.5 Å². The van der Waals surface area contributed by atoms with Gasteiger partial charge in [-0.05, 0) is 48.1 Å². The molecular formula is C24H28N4O6. The monoisotopic (exact) mass is 468 g/mol. The summed E-state index contributed by atoms with van der Waals surface area (Å²) in [6, 6.07) is 11.7. The maximum Gasteiger partial charge on any atom is 0.326 e. The van der Waals surface area contributed by atoms with E-state index in [9.17, 15) is 14.7 Å². The number of amides is 1. The first-order valence-corrected chi connectivity index (χ1v) is 10.9. The number of methoxy groups -OCH3 is 2. The van der Waals surface area contributed by atoms with Crippen molar-refractivity contribution < 1.29 is 28.9 Å². The summed E-state index contributed by atoms with van der Waals surface area (Å²) in [6.07, 6.45) is 1.42. The Balaban J connectivity index is 1.76. The van der Waals surface area contributed by atoms with Crippen molar-refractivity contribution >= 4 is 11.9 Å². The van der Waals surface area contributed by atoms with Gasteiger partial charge in [-0.15, -0.1) is 0 Å². The molecule has 10 heteroatoms. The lowest BCUT2D eigenvalue weighted by Gasteiger charge is -2.28. The van der Waals surface area contributed by atoms with Crippen molar-refractivity contribution in [3.63, 3.8) is 0 Å². The van der Waals surface area contributed by atoms with E-state index in [1.807, 2.05) is 42.5 Å². The summed E-state index contributed by atoms with van der Waals surface area (Å²) in [7, 11) is 3.17. The number of nitrogens with zero attached hydrogens (tertiary/aromatic N) is 3. The number of carbonyl (C=O) groups excluding carboxylic acids is 1. The summed E-state index contributed by atoms with van der Waals surface area (Å²) in [5, 5.41) is 15.8. The minimum atomic E-state index is -1.17. The van der Waals surface area contributed by atoms with Crippen LogP contribution in [0.15, 0.2) is 47.6 Å². The third-order valence-electron chi connectivity index (χ3n) is 5.91. The molecule has 0 aliphatic carbocycles. The van der Waals surface area contributed by atoms with Gasteiger partial charge in [-0.3, -0.25) is 4.79 Å². The van der Waals surface area contributed by atoms with Crippen LogP contribution in [-0.2, 0) is 20.7 Å². The molecule has 0 bridgehead atoms. The maximum absolute atomic E-state index is 13.0. The Labute approximate surface area is 197 Å². The van der Waals surface area contributed by atoms with E-state index in [-0.39, 0.29) is 19.4 Å². The Kier molecular flexibility index (Phi) is 8.34. The number of rotatable bonds is 11. The van der Waals surface area contributed by atoms with Gasteiger partial charge in [0.2, 0.25) is 0 Å². The number of hydrogen-bond donors (Lipinski definition) is 2. The van der Waals surface area contributed by atoms with Crippen LogP contribution in [0.25, 0.3) is 21.6 Å². The molecule has 10 nitrogen and oxygen atoms in total. The summed E-state index contributed by atoms with van der Waals surface area (Å²) in [6.45, 7) is 0.491. The molecule has 1 heterocycles. The number of aliphatic carboxylic acids is 1. The molecule has 2 aromatic rings. The Hall–Kier alpha value is -3.75. The lowest BCUT2D eigenvalue weighted by atomic mass is 9.93. The zero-order valence-electron chi connectivity index (χ0n) is 19.2. The van der Waals surface area contributed by atoms with Gasteiger partial charge in [-0.1, -0.05) is 35.4 Å². The average molecular weight is 469 g/mol. The van der Waals surface area contributed by atoms with E-state index in [4.69, 9.17) is 19.7 Å². The van der Waals surface area contributed by atoms with Crippen LogP contribution in [0.2, 0.25) is 0 Å². The lowest BCUT2D eigenvalue weighted by molar-refractivity contribution is -0.148. The quantitative estimate of drug-likeness (QED) is 0.292. The number of azide groups is 1. The molecule has 1 aliphatic rings. The number of carboxylic acid groups (broad SMARTS) is 1. The summed E-state index contributed by atoms with van der Waals surface area (Å²) in [4.78, 5) is 27.6. The fraction of sp³-hybridized carbons (Fsp3) is 0.417. The van der Waals surface area contributed by atoms with Crippen molar-refractivity contribution in [1.82, 2.24) is 5.32 Å². The van der Waals surface area contributed by atoms with E-state index in [2.05, 4.69) is 15.3 Å². The summed E-state index contributed by atoms with van der Waals surface area (Å²) >= 11 is 0. The highest BCUT2D eigenvalue weighted by Crippen LogP contribution is 2.38. The molecule has 1 unspecified atom stereocenters. The molecule has 1 fully saturated rings. The van der Waals surface area contributed by atoms with Crippen molar-refractivity contribution in [1.29, 1.82) is 0 Å². The molecule has 180 valence electrons. The van der Waals surface area contributed by atoms with Crippen LogP contribution < -0.4 is 14.8 Å². The van der Waals surface area contributed by atoms with Crippen LogP contribution in [0.4, 0.5) is 0 Å². The maximum atomic E-state index is 13.0. The smallest absolute Gasteiger partial charge is 0.326 e. The highest BCUT2D eigenvalue weighted by atomic mass is 16.5. The highest BCUT2D eigenvalue weighted by molar-refractivity contribution is 5.89. The van der Waals surface area contributed by atoms with Gasteiger partial charge in [-0.25, -0.2) is 4.79 Å². The van der Waals surface area contributed by atoms with E-state index in [0.717, 1.165) is 16.7 Å². The second-order valence-electron chi connectivity index (χ2n) is 7.95. The molecule has 1 aliphatic heterocycles. The number of benzene rings is 2. The molecule has 2 atom stereocenters. The van der Waals surface area contributed by atoms with Crippen LogP contribution >= 0.6 is 0 Å². The zero-order valence-corrected chi connectivity index (χ0v) is 19.2. The number of hydrogen-bond acceptors (Lipinski definition) is 6. The number of carbonyl (C=O) groups is 2. The SMILES string of the molecule is COc1cccc(OC)c1-c1ccc(C[C@H](NC(=O)C2(CCN=[N+]=[N-])CCCO2)C(=O)O)cc1. The second-order valence-corrected chi connectivity index (χ2v) is 7.95. The molecule has 2 N–H and O–H groups in total. The van der Waals surface area contributed by atoms with Crippen LogP contribution in [0.5, 0.6) is 11.5 Å². The van der Waals surface area contributed by atoms with Gasteiger partial charge < -0.3 is 24.6 Å². The van der Waals surface area contributed by atoms with E-state index >= 15 is 0 Å². The molecule has 3 rings (SSSR count). The van der Waals surface area contributed by atoms with Gasteiger partial charge in [0.15, 0.2) is 0 Å². The normalized spacial score (nSPS) is 17.9. The number of carboxylic acids is 1. The van der Waals surface area contributed by atoms with Gasteiger partial charge in [0.05, 0.1) is 19.8 Å². The first-order chi connectivity index (χ1) is 16.4. The highest BCUT2D eigenvalue weighted by Gasteiger charge is 2.43. The van der Waals surface area contributed by atoms with Crippen LogP contribution in [0.3, 0.4) is 0 Å². The molecule has 0 spiro atoms. The van der Waals surface area contributed by atoms with Crippen molar-refractivity contribution in [2.24, 2.45) is 5.11 Å². The summed E-state index contributed by atoms with van der Waals surface area (Å²) < 4.78 is 16.6. The summed E-state index contributed by atoms with van der Waals surface area (Å²) in [5.74, 6) is -0.330. The largest absolute Gasteiger partial charge is 0.496 e. The van der Waals surface area contributed by atoms with Gasteiger partial charge in [-0.2, -0.15) is 0 Å². The topological polar surface area (TPSA) is 143 Å². The third kappa shape index (κ3) is 5.59. The Morgan fingerprint density at radius 2 is 1.88 bits per heavy atom. The number of ether oxygens (including phenoxy) is 3. The first kappa shape index (κ1) is 24.9. The van der Waals surface area contributed by atoms with Gasteiger partial charge in [0.25, 0.3) is 5.91 Å². The van der Waals surface area contributed by atoms with E-state index in [1.54, 1.807) is 14.2 Å². The molecule has 0 saturated carbocycles. The second kappa shape index (κ2) is 11.4. The predicted molar refractivity (Wildman–Crippen MR) is 125 cm³/mol. The van der Waals surface area contributed by atoms with Gasteiger partial charge in [0.1, 0.15) is 23.1 Å². The zero-order chi connectivity index (χ0) is 24.6. The average Bonchev–Trinajstić information content (AvgIpc) is 3.33. The van der Waals surface area contributed by atoms with E-state index in [0.29, 0.717) is 30.9 Å². The third-order valence-corrected chi connectivity index (χ3v) is 5.91. The molecule has 0 aromatic heterocycles.